The maximum absolute atomic E-state index is 13.1. The molecular weight excluding hydrogens is 374 g/mol. The summed E-state index contributed by atoms with van der Waals surface area (Å²) in [7, 11) is 0. The molecule has 0 unspecified atom stereocenters. The highest BCUT2D eigenvalue weighted by molar-refractivity contribution is 6.07. The van der Waals surface area contributed by atoms with Crippen molar-refractivity contribution in [2.45, 2.75) is 26.7 Å². The molecule has 30 heavy (non-hydrogen) atoms. The van der Waals surface area contributed by atoms with E-state index in [4.69, 9.17) is 4.42 Å². The van der Waals surface area contributed by atoms with Crippen molar-refractivity contribution >= 4 is 17.2 Å². The normalized spacial score (nSPS) is 15.1. The second-order valence-electron chi connectivity index (χ2n) is 8.59. The molecule has 1 aliphatic rings. The second-order valence-corrected chi connectivity index (χ2v) is 8.59. The lowest BCUT2D eigenvalue weighted by atomic mass is 9.76. The lowest BCUT2D eigenvalue weighted by Gasteiger charge is -2.28. The largest absolute Gasteiger partial charge is 0.464 e. The van der Waals surface area contributed by atoms with Crippen LogP contribution in [0.1, 0.15) is 36.3 Å². The number of aromatic nitrogens is 2. The van der Waals surface area contributed by atoms with E-state index in [-0.39, 0.29) is 11.2 Å². The van der Waals surface area contributed by atoms with Crippen molar-refractivity contribution in [3.63, 3.8) is 0 Å². The molecule has 0 radical (unpaired) electrons. The zero-order valence-electron chi connectivity index (χ0n) is 17.0. The van der Waals surface area contributed by atoms with E-state index in [0.717, 1.165) is 51.6 Å². The molecule has 150 valence electrons. The number of aromatic amines is 1. The summed E-state index contributed by atoms with van der Waals surface area (Å²) in [5.74, 6) is 0.976. The van der Waals surface area contributed by atoms with E-state index in [1.165, 1.54) is 0 Å². The van der Waals surface area contributed by atoms with Crippen LogP contribution < -0.4 is 5.32 Å². The van der Waals surface area contributed by atoms with Gasteiger partial charge in [0.1, 0.15) is 5.76 Å². The summed E-state index contributed by atoms with van der Waals surface area (Å²) in [5.41, 5.74) is 6.32. The van der Waals surface area contributed by atoms with Gasteiger partial charge in [-0.05, 0) is 48.2 Å². The van der Waals surface area contributed by atoms with Crippen molar-refractivity contribution in [1.29, 1.82) is 0 Å². The van der Waals surface area contributed by atoms with Crippen LogP contribution in [0, 0.1) is 5.41 Å². The molecule has 0 saturated heterocycles. The second kappa shape index (κ2) is 7.02. The summed E-state index contributed by atoms with van der Waals surface area (Å²) in [6, 6.07) is 15.7. The molecule has 0 atom stereocenters. The average molecular weight is 397 g/mol. The van der Waals surface area contributed by atoms with Crippen molar-refractivity contribution in [1.82, 2.24) is 9.97 Å². The molecule has 1 aromatic carbocycles. The van der Waals surface area contributed by atoms with Crippen molar-refractivity contribution in [2.24, 2.45) is 5.41 Å². The Balaban J connectivity index is 1.62. The molecule has 0 saturated carbocycles. The quantitative estimate of drug-likeness (QED) is 0.428. The van der Waals surface area contributed by atoms with Crippen LogP contribution in [-0.2, 0) is 6.42 Å². The number of H-pyrrole nitrogens is 1. The summed E-state index contributed by atoms with van der Waals surface area (Å²) in [4.78, 5) is 20.8. The minimum Gasteiger partial charge on any atom is -0.464 e. The van der Waals surface area contributed by atoms with Gasteiger partial charge in [0.25, 0.3) is 0 Å². The number of nitrogens with one attached hydrogen (secondary N) is 2. The predicted molar refractivity (Wildman–Crippen MR) is 118 cm³/mol. The number of rotatable bonds is 4. The fourth-order valence-corrected chi connectivity index (χ4v) is 4.25. The van der Waals surface area contributed by atoms with Crippen LogP contribution in [0.25, 0.3) is 22.6 Å². The Kier molecular flexibility index (Phi) is 4.31. The third-order valence-corrected chi connectivity index (χ3v) is 5.56. The topological polar surface area (TPSA) is 70.9 Å². The van der Waals surface area contributed by atoms with Crippen molar-refractivity contribution in [3.05, 3.63) is 78.4 Å². The first-order valence-electron chi connectivity index (χ1n) is 10.1. The number of Topliss-reactive ketones (excluding diaryl/α,β-unsaturated/α-hetero) is 1. The van der Waals surface area contributed by atoms with Crippen LogP contribution in [0.2, 0.25) is 0 Å². The number of carbonyl (C=O) groups excluding carboxylic acids is 1. The van der Waals surface area contributed by atoms with Gasteiger partial charge < -0.3 is 14.7 Å². The Morgan fingerprint density at radius 3 is 2.63 bits per heavy atom. The summed E-state index contributed by atoms with van der Waals surface area (Å²) in [6.07, 6.45) is 6.57. The molecule has 5 heteroatoms. The standard InChI is InChI=1S/C25H23N3O2/c1-25(2)14-19-22(20(29)15-25)24(23(28-19)16-8-10-26-11-9-16)27-18-6-3-5-17(13-18)21-7-4-12-30-21/h3-13,27-28H,14-15H2,1-2H3. The maximum Gasteiger partial charge on any atom is 0.167 e. The molecule has 3 aromatic heterocycles. The Morgan fingerprint density at radius 2 is 1.87 bits per heavy atom. The van der Waals surface area contributed by atoms with Crippen molar-refractivity contribution < 1.29 is 9.21 Å². The number of anilines is 2. The van der Waals surface area contributed by atoms with Crippen LogP contribution in [0.5, 0.6) is 0 Å². The first-order chi connectivity index (χ1) is 14.5. The third kappa shape index (κ3) is 3.32. The van der Waals surface area contributed by atoms with Crippen LogP contribution in [0.4, 0.5) is 11.4 Å². The zero-order chi connectivity index (χ0) is 20.7. The number of pyridine rings is 1. The highest BCUT2D eigenvalue weighted by Crippen LogP contribution is 2.43. The smallest absolute Gasteiger partial charge is 0.167 e. The van der Waals surface area contributed by atoms with E-state index in [2.05, 4.69) is 29.1 Å². The number of hydrogen-bond donors (Lipinski definition) is 2. The minimum atomic E-state index is -0.0546. The van der Waals surface area contributed by atoms with Crippen LogP contribution in [0.3, 0.4) is 0 Å². The van der Waals surface area contributed by atoms with Gasteiger partial charge in [0.05, 0.1) is 23.2 Å². The average Bonchev–Trinajstić information content (AvgIpc) is 3.37. The molecule has 5 nitrogen and oxygen atoms in total. The van der Waals surface area contributed by atoms with E-state index in [1.54, 1.807) is 18.7 Å². The predicted octanol–water partition coefficient (Wildman–Crippen LogP) is 6.24. The minimum absolute atomic E-state index is 0.0546. The fourth-order valence-electron chi connectivity index (χ4n) is 4.25. The van der Waals surface area contributed by atoms with E-state index >= 15 is 0 Å². The Labute approximate surface area is 175 Å². The monoisotopic (exact) mass is 397 g/mol. The number of hydrogen-bond acceptors (Lipinski definition) is 4. The van der Waals surface area contributed by atoms with Gasteiger partial charge in [0, 0.05) is 41.3 Å². The van der Waals surface area contributed by atoms with E-state index in [1.807, 2.05) is 48.5 Å². The number of fused-ring (bicyclic) bond motifs is 1. The molecule has 1 aliphatic carbocycles. The molecule has 0 fully saturated rings. The van der Waals surface area contributed by atoms with Gasteiger partial charge >= 0.3 is 0 Å². The van der Waals surface area contributed by atoms with Crippen LogP contribution >= 0.6 is 0 Å². The molecule has 4 aromatic rings. The number of ketones is 1. The lowest BCUT2D eigenvalue weighted by Crippen LogP contribution is -2.26. The van der Waals surface area contributed by atoms with Crippen LogP contribution in [-0.4, -0.2) is 15.8 Å². The lowest BCUT2D eigenvalue weighted by molar-refractivity contribution is 0.0912. The molecule has 2 N–H and O–H groups in total. The van der Waals surface area contributed by atoms with E-state index < -0.39 is 0 Å². The van der Waals surface area contributed by atoms with Gasteiger partial charge in [-0.2, -0.15) is 0 Å². The van der Waals surface area contributed by atoms with Gasteiger partial charge in [-0.3, -0.25) is 9.78 Å². The van der Waals surface area contributed by atoms with E-state index in [9.17, 15) is 4.79 Å². The van der Waals surface area contributed by atoms with Crippen LogP contribution in [0.15, 0.2) is 71.6 Å². The number of benzene rings is 1. The molecule has 3 heterocycles. The van der Waals surface area contributed by atoms with Gasteiger partial charge in [-0.15, -0.1) is 0 Å². The maximum atomic E-state index is 13.1. The van der Waals surface area contributed by atoms with Gasteiger partial charge in [0.2, 0.25) is 0 Å². The van der Waals surface area contributed by atoms with Gasteiger partial charge in [0.15, 0.2) is 5.78 Å². The number of carbonyl (C=O) groups is 1. The summed E-state index contributed by atoms with van der Waals surface area (Å²) in [6.45, 7) is 4.28. The molecule has 0 aliphatic heterocycles. The first-order valence-corrected chi connectivity index (χ1v) is 10.1. The Bertz CT molecular complexity index is 1200. The summed E-state index contributed by atoms with van der Waals surface area (Å²) >= 11 is 0. The van der Waals surface area contributed by atoms with E-state index in [0.29, 0.717) is 6.42 Å². The fraction of sp³-hybridized carbons (Fsp3) is 0.200. The van der Waals surface area contributed by atoms with Gasteiger partial charge in [-0.25, -0.2) is 0 Å². The Morgan fingerprint density at radius 1 is 1.03 bits per heavy atom. The third-order valence-electron chi connectivity index (χ3n) is 5.56. The molecule has 0 spiro atoms. The first kappa shape index (κ1) is 18.4. The Hall–Kier alpha value is -3.60. The summed E-state index contributed by atoms with van der Waals surface area (Å²) in [5, 5.41) is 3.53. The number of furan rings is 1. The van der Waals surface area contributed by atoms with Crippen molar-refractivity contribution in [3.8, 4) is 22.6 Å². The zero-order valence-corrected chi connectivity index (χ0v) is 17.0. The molecule has 5 rings (SSSR count). The molecule has 0 bridgehead atoms. The highest BCUT2D eigenvalue weighted by atomic mass is 16.3. The number of nitrogens with zero attached hydrogens (tertiary/aromatic N) is 1. The van der Waals surface area contributed by atoms with Gasteiger partial charge in [-0.1, -0.05) is 26.0 Å². The highest BCUT2D eigenvalue weighted by Gasteiger charge is 2.35. The summed E-state index contributed by atoms with van der Waals surface area (Å²) < 4.78 is 5.54. The molecular formula is C25H23N3O2. The van der Waals surface area contributed by atoms with Crippen molar-refractivity contribution in [2.75, 3.05) is 5.32 Å². The molecule has 0 amide bonds. The SMILES string of the molecule is CC1(C)CC(=O)c2c([nH]c(-c3ccncc3)c2Nc2cccc(-c3ccco3)c2)C1.